The standard InChI is InChI=1S/C16H15BrN2O/c1-20-16-8-7-13(17)9-14(16)15(10-18)19-11-12-5-3-2-4-6-12/h2-9,15,19H,11H2,1H3. The highest BCUT2D eigenvalue weighted by molar-refractivity contribution is 9.10. The third kappa shape index (κ3) is 3.60. The van der Waals surface area contributed by atoms with E-state index < -0.39 is 6.04 Å². The van der Waals surface area contributed by atoms with Gasteiger partial charge in [-0.05, 0) is 23.8 Å². The molecule has 4 heteroatoms. The zero-order valence-corrected chi connectivity index (χ0v) is 12.7. The molecular weight excluding hydrogens is 316 g/mol. The van der Waals surface area contributed by atoms with Crippen molar-refractivity contribution in [3.05, 3.63) is 64.1 Å². The maximum Gasteiger partial charge on any atom is 0.125 e. The molecule has 0 aliphatic heterocycles. The second kappa shape index (κ2) is 7.09. The van der Waals surface area contributed by atoms with Gasteiger partial charge in [-0.1, -0.05) is 46.3 Å². The number of nitrogens with zero attached hydrogens (tertiary/aromatic N) is 1. The SMILES string of the molecule is COc1ccc(Br)cc1C(C#N)NCc1ccccc1. The van der Waals surface area contributed by atoms with E-state index in [4.69, 9.17) is 4.74 Å². The molecule has 0 aliphatic rings. The van der Waals surface area contributed by atoms with E-state index >= 15 is 0 Å². The number of benzene rings is 2. The molecule has 2 aromatic carbocycles. The van der Waals surface area contributed by atoms with Crippen molar-refractivity contribution in [2.75, 3.05) is 7.11 Å². The lowest BCUT2D eigenvalue weighted by Gasteiger charge is -2.15. The minimum absolute atomic E-state index is 0.414. The Labute approximate surface area is 127 Å². The topological polar surface area (TPSA) is 45.0 Å². The van der Waals surface area contributed by atoms with Gasteiger partial charge in [0.15, 0.2) is 0 Å². The Bertz CT molecular complexity index is 608. The van der Waals surface area contributed by atoms with Gasteiger partial charge < -0.3 is 4.74 Å². The second-order valence-corrected chi connectivity index (χ2v) is 5.23. The van der Waals surface area contributed by atoms with E-state index in [1.807, 2.05) is 48.5 Å². The van der Waals surface area contributed by atoms with Crippen molar-refractivity contribution in [1.82, 2.24) is 5.32 Å². The summed E-state index contributed by atoms with van der Waals surface area (Å²) in [6, 6.07) is 17.5. The zero-order valence-electron chi connectivity index (χ0n) is 11.1. The number of nitrogens with one attached hydrogen (secondary N) is 1. The molecule has 0 aromatic heterocycles. The summed E-state index contributed by atoms with van der Waals surface area (Å²) in [5, 5.41) is 12.6. The molecule has 102 valence electrons. The van der Waals surface area contributed by atoms with Crippen LogP contribution < -0.4 is 10.1 Å². The van der Waals surface area contributed by atoms with Crippen LogP contribution in [0, 0.1) is 11.3 Å². The third-order valence-electron chi connectivity index (χ3n) is 2.98. The van der Waals surface area contributed by atoms with Crippen LogP contribution in [0.4, 0.5) is 0 Å². The first-order valence-corrected chi connectivity index (χ1v) is 7.04. The summed E-state index contributed by atoms with van der Waals surface area (Å²) < 4.78 is 6.25. The lowest BCUT2D eigenvalue weighted by molar-refractivity contribution is 0.405. The Balaban J connectivity index is 2.16. The molecule has 0 fully saturated rings. The molecule has 3 nitrogen and oxygen atoms in total. The van der Waals surface area contributed by atoms with Crippen LogP contribution in [-0.2, 0) is 6.54 Å². The Morgan fingerprint density at radius 2 is 2.00 bits per heavy atom. The maximum absolute atomic E-state index is 9.38. The highest BCUT2D eigenvalue weighted by Gasteiger charge is 2.15. The fraction of sp³-hybridized carbons (Fsp3) is 0.188. The summed E-state index contributed by atoms with van der Waals surface area (Å²) >= 11 is 3.43. The van der Waals surface area contributed by atoms with Gasteiger partial charge in [-0.25, -0.2) is 0 Å². The number of halogens is 1. The average Bonchev–Trinajstić information content (AvgIpc) is 2.49. The summed E-state index contributed by atoms with van der Waals surface area (Å²) in [7, 11) is 1.61. The van der Waals surface area contributed by atoms with Crippen LogP contribution in [0.2, 0.25) is 0 Å². The summed E-state index contributed by atoms with van der Waals surface area (Å²) in [5.41, 5.74) is 1.97. The van der Waals surface area contributed by atoms with E-state index in [0.29, 0.717) is 12.3 Å². The van der Waals surface area contributed by atoms with E-state index in [1.54, 1.807) is 7.11 Å². The van der Waals surface area contributed by atoms with Gasteiger partial charge in [-0.3, -0.25) is 5.32 Å². The van der Waals surface area contributed by atoms with Crippen molar-refractivity contribution in [2.45, 2.75) is 12.6 Å². The van der Waals surface area contributed by atoms with Gasteiger partial charge in [0.2, 0.25) is 0 Å². The zero-order chi connectivity index (χ0) is 14.4. The molecule has 1 unspecified atom stereocenters. The molecule has 2 rings (SSSR count). The van der Waals surface area contributed by atoms with Crippen molar-refractivity contribution in [3.8, 4) is 11.8 Å². The summed E-state index contributed by atoms with van der Waals surface area (Å²) in [4.78, 5) is 0. The van der Waals surface area contributed by atoms with Gasteiger partial charge in [0, 0.05) is 16.6 Å². The molecule has 20 heavy (non-hydrogen) atoms. The van der Waals surface area contributed by atoms with Gasteiger partial charge in [0.05, 0.1) is 13.2 Å². The van der Waals surface area contributed by atoms with Crippen molar-refractivity contribution >= 4 is 15.9 Å². The Hall–Kier alpha value is -1.83. The summed E-state index contributed by atoms with van der Waals surface area (Å²) in [6.07, 6.45) is 0. The van der Waals surface area contributed by atoms with Gasteiger partial charge in [-0.2, -0.15) is 5.26 Å². The lowest BCUT2D eigenvalue weighted by Crippen LogP contribution is -2.20. The molecule has 0 aliphatic carbocycles. The van der Waals surface area contributed by atoms with Crippen LogP contribution >= 0.6 is 15.9 Å². The molecule has 0 amide bonds. The van der Waals surface area contributed by atoms with Crippen molar-refractivity contribution in [2.24, 2.45) is 0 Å². The predicted molar refractivity (Wildman–Crippen MR) is 82.3 cm³/mol. The Kier molecular flexibility index (Phi) is 5.16. The average molecular weight is 331 g/mol. The van der Waals surface area contributed by atoms with Crippen LogP contribution in [0.15, 0.2) is 53.0 Å². The summed E-state index contributed by atoms with van der Waals surface area (Å²) in [6.45, 7) is 0.634. The minimum atomic E-state index is -0.414. The number of ether oxygens (including phenoxy) is 1. The van der Waals surface area contributed by atoms with E-state index in [9.17, 15) is 5.26 Å². The fourth-order valence-electron chi connectivity index (χ4n) is 1.97. The largest absolute Gasteiger partial charge is 0.496 e. The van der Waals surface area contributed by atoms with Crippen molar-refractivity contribution < 1.29 is 4.74 Å². The fourth-order valence-corrected chi connectivity index (χ4v) is 2.35. The molecule has 0 saturated carbocycles. The molecule has 0 spiro atoms. The molecule has 1 atom stereocenters. The molecule has 1 N–H and O–H groups in total. The number of rotatable bonds is 5. The maximum atomic E-state index is 9.38. The van der Waals surface area contributed by atoms with Crippen LogP contribution in [0.1, 0.15) is 17.2 Å². The highest BCUT2D eigenvalue weighted by atomic mass is 79.9. The molecule has 0 radical (unpaired) electrons. The van der Waals surface area contributed by atoms with Gasteiger partial charge in [-0.15, -0.1) is 0 Å². The van der Waals surface area contributed by atoms with Crippen LogP contribution in [0.25, 0.3) is 0 Å². The minimum Gasteiger partial charge on any atom is -0.496 e. The van der Waals surface area contributed by atoms with Gasteiger partial charge in [0.1, 0.15) is 11.8 Å². The molecule has 0 bridgehead atoms. The normalized spacial score (nSPS) is 11.7. The first-order valence-electron chi connectivity index (χ1n) is 6.25. The second-order valence-electron chi connectivity index (χ2n) is 4.31. The Morgan fingerprint density at radius 3 is 2.65 bits per heavy atom. The monoisotopic (exact) mass is 330 g/mol. The first-order chi connectivity index (χ1) is 9.74. The van der Waals surface area contributed by atoms with Crippen LogP contribution in [-0.4, -0.2) is 7.11 Å². The van der Waals surface area contributed by atoms with Crippen LogP contribution in [0.5, 0.6) is 5.75 Å². The Morgan fingerprint density at radius 1 is 1.25 bits per heavy atom. The lowest BCUT2D eigenvalue weighted by atomic mass is 10.1. The molecular formula is C16H15BrN2O. The van der Waals surface area contributed by atoms with E-state index in [1.165, 1.54) is 0 Å². The van der Waals surface area contributed by atoms with E-state index in [0.717, 1.165) is 15.6 Å². The smallest absolute Gasteiger partial charge is 0.125 e. The van der Waals surface area contributed by atoms with Crippen LogP contribution in [0.3, 0.4) is 0 Å². The van der Waals surface area contributed by atoms with E-state index in [2.05, 4.69) is 27.3 Å². The molecule has 0 heterocycles. The van der Waals surface area contributed by atoms with Gasteiger partial charge in [0.25, 0.3) is 0 Å². The summed E-state index contributed by atoms with van der Waals surface area (Å²) in [5.74, 6) is 0.709. The van der Waals surface area contributed by atoms with Gasteiger partial charge >= 0.3 is 0 Å². The quantitative estimate of drug-likeness (QED) is 0.906. The number of methoxy groups -OCH3 is 1. The number of nitriles is 1. The highest BCUT2D eigenvalue weighted by Crippen LogP contribution is 2.28. The third-order valence-corrected chi connectivity index (χ3v) is 3.48. The number of hydrogen-bond acceptors (Lipinski definition) is 3. The van der Waals surface area contributed by atoms with Crippen molar-refractivity contribution in [3.63, 3.8) is 0 Å². The number of hydrogen-bond donors (Lipinski definition) is 1. The predicted octanol–water partition coefficient (Wildman–Crippen LogP) is 3.81. The van der Waals surface area contributed by atoms with Crippen molar-refractivity contribution in [1.29, 1.82) is 5.26 Å². The van der Waals surface area contributed by atoms with E-state index in [-0.39, 0.29) is 0 Å². The molecule has 0 saturated heterocycles. The first kappa shape index (κ1) is 14.6. The molecule has 2 aromatic rings.